The molecule has 0 aromatic carbocycles. The molecular weight excluding hydrogens is 919 g/mol. The number of rotatable bonds is 0. The average molecular weight is 944 g/mol. The SMILES string of the molecule is O.O.O.O.O.O.O.O.O.O.[K+].[Nb].[Nb].[Nb].[Nb].[Nb].[OH-].[OH-].[OH-].[OH-].[OH-].[Sr+2].[Sr+2]. The summed E-state index contributed by atoms with van der Waals surface area (Å²) in [5, 5.41) is 0. The van der Waals surface area contributed by atoms with Crippen molar-refractivity contribution < 1.29 is 245 Å². The fourth-order valence-corrected chi connectivity index (χ4v) is 0. The second-order valence-corrected chi connectivity index (χ2v) is 0. The molecule has 0 spiro atoms. The first-order chi connectivity index (χ1) is 0. The van der Waals surface area contributed by atoms with Crippen LogP contribution in [0.25, 0.3) is 0 Å². The molecule has 0 aliphatic heterocycles. The van der Waals surface area contributed by atoms with E-state index in [9.17, 15) is 0 Å². The van der Waals surface area contributed by atoms with Crippen LogP contribution in [0.5, 0.6) is 0 Å². The van der Waals surface area contributed by atoms with Crippen LogP contribution >= 0.6 is 0 Å². The van der Waals surface area contributed by atoms with E-state index in [1.54, 1.807) is 0 Å². The maximum absolute atomic E-state index is 0. The molecule has 0 saturated heterocycles. The molecule has 0 aliphatic rings. The van der Waals surface area contributed by atoms with E-state index in [0.29, 0.717) is 0 Å². The standard InChI is InChI=1S/K.5Nb.15H2O.2Sr/h;;;;;;15*1H2;;/q+1;;;;;;;;;;;;;;;;;;;;;2*+2/p-5. The Kier molecular flexibility index (Phi) is 8200. The summed E-state index contributed by atoms with van der Waals surface area (Å²) in [5.74, 6) is 0. The third-order valence-electron chi connectivity index (χ3n) is 0. The van der Waals surface area contributed by atoms with E-state index >= 15 is 0 Å². The Hall–Kier alpha value is 7.70. The molecule has 0 atom stereocenters. The van der Waals surface area contributed by atoms with Gasteiger partial charge in [-0.25, -0.2) is 0 Å². The molecule has 0 aliphatic carbocycles. The van der Waals surface area contributed by atoms with Gasteiger partial charge in [-0.15, -0.1) is 0 Å². The van der Waals surface area contributed by atoms with E-state index in [0.717, 1.165) is 0 Å². The second kappa shape index (κ2) is 413. The smallest absolute Gasteiger partial charge is 0.870 e. The van der Waals surface area contributed by atoms with Crippen LogP contribution in [-0.2, 0) is 112 Å². The van der Waals surface area contributed by atoms with Crippen molar-refractivity contribution in [3.63, 3.8) is 0 Å². The topological polar surface area (TPSA) is 465 Å². The first-order valence-corrected chi connectivity index (χ1v) is 0. The molecular formula is H25KNb5O15Sr2. The molecule has 15 nitrogen and oxygen atoms in total. The third kappa shape index (κ3) is 384. The van der Waals surface area contributed by atoms with Crippen LogP contribution < -0.4 is 51.4 Å². The number of hydrogen-bond acceptors (Lipinski definition) is 5. The molecule has 145 valence electrons. The van der Waals surface area contributed by atoms with Crippen LogP contribution in [-0.4, -0.2) is 173 Å². The van der Waals surface area contributed by atoms with Crippen LogP contribution in [0.2, 0.25) is 0 Å². The van der Waals surface area contributed by atoms with E-state index in [1.807, 2.05) is 0 Å². The van der Waals surface area contributed by atoms with Crippen molar-refractivity contribution in [1.29, 1.82) is 0 Å². The molecule has 0 rings (SSSR count). The van der Waals surface area contributed by atoms with Gasteiger partial charge in [-0.2, -0.15) is 0 Å². The van der Waals surface area contributed by atoms with E-state index in [2.05, 4.69) is 0 Å². The summed E-state index contributed by atoms with van der Waals surface area (Å²) in [4.78, 5) is 0. The maximum atomic E-state index is 0. The molecule has 0 heterocycles. The quantitative estimate of drug-likeness (QED) is 0.213. The van der Waals surface area contributed by atoms with Crippen LogP contribution in [0.1, 0.15) is 0 Å². The largest absolute Gasteiger partial charge is 2.00 e. The Morgan fingerprint density at radius 1 is 0.217 bits per heavy atom. The zero-order valence-corrected chi connectivity index (χ0v) is 33.0. The Morgan fingerprint density at radius 2 is 0.217 bits per heavy atom. The van der Waals surface area contributed by atoms with Crippen molar-refractivity contribution in [2.24, 2.45) is 0 Å². The molecule has 23 heteroatoms. The Balaban J connectivity index is 0. The van der Waals surface area contributed by atoms with Gasteiger partial charge in [-0.3, -0.25) is 0 Å². The summed E-state index contributed by atoms with van der Waals surface area (Å²) in [5.41, 5.74) is 0. The van der Waals surface area contributed by atoms with Gasteiger partial charge in [-0.05, 0) is 0 Å². The second-order valence-electron chi connectivity index (χ2n) is 0. The maximum Gasteiger partial charge on any atom is 2.00 e. The summed E-state index contributed by atoms with van der Waals surface area (Å²) in [6, 6.07) is 0. The predicted octanol–water partition coefficient (Wildman–Crippen LogP) is -12.9. The van der Waals surface area contributed by atoms with Crippen molar-refractivity contribution in [1.82, 2.24) is 0 Å². The van der Waals surface area contributed by atoms with Gasteiger partial charge in [0.1, 0.15) is 0 Å². The van der Waals surface area contributed by atoms with Gasteiger partial charge in [0, 0.05) is 112 Å². The molecule has 0 aromatic rings. The minimum atomic E-state index is 0. The molecule has 0 amide bonds. The zero-order valence-electron chi connectivity index (χ0n) is 11.9. The Labute approximate surface area is 327 Å². The fraction of sp³-hybridized carbons (Fsp3) is 0. The summed E-state index contributed by atoms with van der Waals surface area (Å²) < 4.78 is 0. The van der Waals surface area contributed by atoms with E-state index in [4.69, 9.17) is 0 Å². The van der Waals surface area contributed by atoms with Crippen LogP contribution in [0.15, 0.2) is 0 Å². The van der Waals surface area contributed by atoms with Gasteiger partial charge < -0.3 is 82.1 Å². The van der Waals surface area contributed by atoms with E-state index in [1.165, 1.54) is 0 Å². The molecule has 23 heavy (non-hydrogen) atoms. The summed E-state index contributed by atoms with van der Waals surface area (Å²) in [6.07, 6.45) is 0. The van der Waals surface area contributed by atoms with Crippen molar-refractivity contribution in [3.8, 4) is 0 Å². The minimum absolute atomic E-state index is 0. The molecule has 0 fully saturated rings. The van der Waals surface area contributed by atoms with Gasteiger partial charge in [0.2, 0.25) is 0 Å². The molecule has 0 bridgehead atoms. The van der Waals surface area contributed by atoms with Gasteiger partial charge in [0.15, 0.2) is 0 Å². The monoisotopic (exact) mass is 944 g/mol. The summed E-state index contributed by atoms with van der Waals surface area (Å²) in [7, 11) is 0. The zero-order chi connectivity index (χ0) is 0. The Bertz CT molecular complexity index is 31.8. The average Bonchev–Trinajstić information content (AvgIpc) is 0. The van der Waals surface area contributed by atoms with Crippen molar-refractivity contribution in [3.05, 3.63) is 0 Å². The van der Waals surface area contributed by atoms with Gasteiger partial charge in [-0.1, -0.05) is 0 Å². The molecule has 25 N–H and O–H groups in total. The third-order valence-corrected chi connectivity index (χ3v) is 0. The van der Waals surface area contributed by atoms with Crippen molar-refractivity contribution in [2.75, 3.05) is 0 Å². The fourth-order valence-electron chi connectivity index (χ4n) is 0. The van der Waals surface area contributed by atoms with E-state index < -0.39 is 0 Å². The molecule has 5 radical (unpaired) electrons. The van der Waals surface area contributed by atoms with Crippen LogP contribution in [0.4, 0.5) is 0 Å². The molecule has 0 unspecified atom stereocenters. The van der Waals surface area contributed by atoms with Crippen molar-refractivity contribution in [2.45, 2.75) is 0 Å². The predicted molar refractivity (Wildman–Crippen MR) is 57.3 cm³/mol. The van der Waals surface area contributed by atoms with E-state index in [-0.39, 0.29) is 336 Å². The first kappa shape index (κ1) is 457. The minimum Gasteiger partial charge on any atom is -0.870 e. The van der Waals surface area contributed by atoms with Gasteiger partial charge in [0.05, 0.1) is 0 Å². The summed E-state index contributed by atoms with van der Waals surface area (Å²) >= 11 is 0. The molecule has 0 saturated carbocycles. The number of hydrogen-bond donors (Lipinski definition) is 0. The first-order valence-electron chi connectivity index (χ1n) is 0. The van der Waals surface area contributed by atoms with Gasteiger partial charge in [0.25, 0.3) is 0 Å². The van der Waals surface area contributed by atoms with Crippen molar-refractivity contribution >= 4 is 91.0 Å². The summed E-state index contributed by atoms with van der Waals surface area (Å²) in [6.45, 7) is 0. The van der Waals surface area contributed by atoms with Crippen LogP contribution in [0, 0.1) is 0 Å². The normalized spacial score (nSPS) is 0. The van der Waals surface area contributed by atoms with Crippen LogP contribution in [0.3, 0.4) is 0 Å². The van der Waals surface area contributed by atoms with Gasteiger partial charge >= 0.3 is 142 Å². The Morgan fingerprint density at radius 3 is 0.217 bits per heavy atom. The molecule has 0 aromatic heterocycles.